The van der Waals surface area contributed by atoms with Gasteiger partial charge in [-0.15, -0.1) is 0 Å². The predicted molar refractivity (Wildman–Crippen MR) is 98.6 cm³/mol. The Hall–Kier alpha value is -2.37. The van der Waals surface area contributed by atoms with Gasteiger partial charge in [0.15, 0.2) is 5.75 Å². The van der Waals surface area contributed by atoms with Gasteiger partial charge in [-0.1, -0.05) is 47.5 Å². The molecule has 27 heavy (non-hydrogen) atoms. The SMILES string of the molecule is Oc1ccc(C(c2ccc(C(F)(F)F)cc2)c2cc(Cl)c(O)c(Cl)c2)cc1. The molecule has 0 fully saturated rings. The summed E-state index contributed by atoms with van der Waals surface area (Å²) in [4.78, 5) is 0. The lowest BCUT2D eigenvalue weighted by Gasteiger charge is -2.20. The Balaban J connectivity index is 2.15. The summed E-state index contributed by atoms with van der Waals surface area (Å²) in [7, 11) is 0. The van der Waals surface area contributed by atoms with E-state index in [1.165, 1.54) is 36.4 Å². The van der Waals surface area contributed by atoms with Gasteiger partial charge in [-0.2, -0.15) is 13.2 Å². The number of alkyl halides is 3. The minimum Gasteiger partial charge on any atom is -0.508 e. The van der Waals surface area contributed by atoms with Crippen LogP contribution in [0.15, 0.2) is 60.7 Å². The number of aromatic hydroxyl groups is 2. The molecule has 7 heteroatoms. The predicted octanol–water partition coefficient (Wildman–Crippen LogP) is 6.60. The van der Waals surface area contributed by atoms with Crippen molar-refractivity contribution in [3.05, 3.63) is 93.0 Å². The van der Waals surface area contributed by atoms with Gasteiger partial charge in [-0.3, -0.25) is 0 Å². The number of rotatable bonds is 3. The van der Waals surface area contributed by atoms with Crippen molar-refractivity contribution in [2.24, 2.45) is 0 Å². The molecule has 3 rings (SSSR count). The van der Waals surface area contributed by atoms with E-state index in [2.05, 4.69) is 0 Å². The Labute approximate surface area is 163 Å². The van der Waals surface area contributed by atoms with Crippen LogP contribution in [-0.4, -0.2) is 10.2 Å². The summed E-state index contributed by atoms with van der Waals surface area (Å²) in [6.45, 7) is 0. The van der Waals surface area contributed by atoms with Crippen LogP contribution < -0.4 is 0 Å². The molecule has 0 aliphatic heterocycles. The van der Waals surface area contributed by atoms with Gasteiger partial charge in [-0.25, -0.2) is 0 Å². The first-order valence-electron chi connectivity index (χ1n) is 7.81. The van der Waals surface area contributed by atoms with Crippen molar-refractivity contribution in [2.45, 2.75) is 12.1 Å². The van der Waals surface area contributed by atoms with Crippen molar-refractivity contribution in [1.29, 1.82) is 0 Å². The van der Waals surface area contributed by atoms with E-state index in [0.29, 0.717) is 16.7 Å². The van der Waals surface area contributed by atoms with Crippen LogP contribution in [0, 0.1) is 0 Å². The standard InChI is InChI=1S/C20H13Cl2F3O2/c21-16-9-13(10-17(22)19(16)27)18(12-3-7-15(26)8-4-12)11-1-5-14(6-2-11)20(23,24)25/h1-10,18,26-27H. The van der Waals surface area contributed by atoms with Crippen molar-refractivity contribution < 1.29 is 23.4 Å². The molecular weight excluding hydrogens is 400 g/mol. The second-order valence-electron chi connectivity index (χ2n) is 5.98. The van der Waals surface area contributed by atoms with E-state index in [4.69, 9.17) is 23.2 Å². The summed E-state index contributed by atoms with van der Waals surface area (Å²) < 4.78 is 38.6. The van der Waals surface area contributed by atoms with Gasteiger partial charge < -0.3 is 10.2 Å². The molecule has 1 atom stereocenters. The fourth-order valence-corrected chi connectivity index (χ4v) is 3.36. The molecule has 0 bridgehead atoms. The van der Waals surface area contributed by atoms with Crippen LogP contribution in [0.2, 0.25) is 10.0 Å². The molecule has 140 valence electrons. The lowest BCUT2D eigenvalue weighted by molar-refractivity contribution is -0.137. The first-order chi connectivity index (χ1) is 12.7. The van der Waals surface area contributed by atoms with Crippen molar-refractivity contribution in [3.63, 3.8) is 0 Å². The van der Waals surface area contributed by atoms with Crippen LogP contribution in [0.1, 0.15) is 28.2 Å². The molecular formula is C20H13Cl2F3O2. The van der Waals surface area contributed by atoms with Crippen LogP contribution in [0.4, 0.5) is 13.2 Å². The molecule has 0 heterocycles. The molecule has 0 aromatic heterocycles. The van der Waals surface area contributed by atoms with E-state index in [0.717, 1.165) is 12.1 Å². The Bertz CT molecular complexity index is 929. The maximum Gasteiger partial charge on any atom is 0.416 e. The second kappa shape index (κ2) is 7.33. The summed E-state index contributed by atoms with van der Waals surface area (Å²) in [6, 6.07) is 14.1. The molecule has 0 aliphatic carbocycles. The van der Waals surface area contributed by atoms with Crippen molar-refractivity contribution in [1.82, 2.24) is 0 Å². The van der Waals surface area contributed by atoms with Crippen LogP contribution in [0.5, 0.6) is 11.5 Å². The van der Waals surface area contributed by atoms with Crippen molar-refractivity contribution in [3.8, 4) is 11.5 Å². The first kappa shape index (κ1) is 19.4. The highest BCUT2D eigenvalue weighted by Crippen LogP contribution is 2.40. The molecule has 0 amide bonds. The largest absolute Gasteiger partial charge is 0.508 e. The molecule has 1 unspecified atom stereocenters. The lowest BCUT2D eigenvalue weighted by Crippen LogP contribution is -2.07. The fraction of sp³-hybridized carbons (Fsp3) is 0.100. The van der Waals surface area contributed by atoms with Crippen LogP contribution >= 0.6 is 23.2 Å². The third-order valence-electron chi connectivity index (χ3n) is 4.17. The Morgan fingerprint density at radius 1 is 0.704 bits per heavy atom. The molecule has 2 nitrogen and oxygen atoms in total. The summed E-state index contributed by atoms with van der Waals surface area (Å²) in [5.41, 5.74) is 1.13. The highest BCUT2D eigenvalue weighted by atomic mass is 35.5. The average molecular weight is 413 g/mol. The molecule has 3 aromatic rings. The molecule has 0 saturated carbocycles. The smallest absolute Gasteiger partial charge is 0.416 e. The number of benzene rings is 3. The average Bonchev–Trinajstić information content (AvgIpc) is 2.61. The van der Waals surface area contributed by atoms with Gasteiger partial charge in [0.25, 0.3) is 0 Å². The molecule has 0 spiro atoms. The molecule has 2 N–H and O–H groups in total. The normalized spacial score (nSPS) is 12.8. The fourth-order valence-electron chi connectivity index (χ4n) is 2.86. The molecule has 0 radical (unpaired) electrons. The third-order valence-corrected chi connectivity index (χ3v) is 4.75. The zero-order chi connectivity index (χ0) is 19.8. The van der Waals surface area contributed by atoms with Gasteiger partial charge >= 0.3 is 6.18 Å². The van der Waals surface area contributed by atoms with E-state index in [1.807, 2.05) is 0 Å². The Morgan fingerprint density at radius 2 is 1.15 bits per heavy atom. The number of hydrogen-bond acceptors (Lipinski definition) is 2. The van der Waals surface area contributed by atoms with Crippen molar-refractivity contribution in [2.75, 3.05) is 0 Å². The zero-order valence-corrected chi connectivity index (χ0v) is 15.1. The Kier molecular flexibility index (Phi) is 5.27. The monoisotopic (exact) mass is 412 g/mol. The van der Waals surface area contributed by atoms with Gasteiger partial charge in [0, 0.05) is 5.92 Å². The lowest BCUT2D eigenvalue weighted by atomic mass is 9.84. The van der Waals surface area contributed by atoms with Crippen molar-refractivity contribution >= 4 is 23.2 Å². The summed E-state index contributed by atoms with van der Waals surface area (Å²) in [6.07, 6.45) is -4.43. The number of halogens is 5. The van der Waals surface area contributed by atoms with E-state index >= 15 is 0 Å². The minimum atomic E-state index is -4.43. The van der Waals surface area contributed by atoms with Crippen LogP contribution in [-0.2, 0) is 6.18 Å². The Morgan fingerprint density at radius 3 is 1.59 bits per heavy atom. The summed E-state index contributed by atoms with van der Waals surface area (Å²) >= 11 is 12.1. The topological polar surface area (TPSA) is 40.5 Å². The maximum absolute atomic E-state index is 12.9. The second-order valence-corrected chi connectivity index (χ2v) is 6.79. The van der Waals surface area contributed by atoms with E-state index in [1.54, 1.807) is 12.1 Å². The number of phenols is 2. The van der Waals surface area contributed by atoms with Crippen LogP contribution in [0.25, 0.3) is 0 Å². The quantitative estimate of drug-likeness (QED) is 0.475. The maximum atomic E-state index is 12.9. The van der Waals surface area contributed by atoms with Gasteiger partial charge in [0.2, 0.25) is 0 Å². The highest BCUT2D eigenvalue weighted by Gasteiger charge is 2.30. The zero-order valence-electron chi connectivity index (χ0n) is 13.6. The first-order valence-corrected chi connectivity index (χ1v) is 8.56. The summed E-state index contributed by atoms with van der Waals surface area (Å²) in [5, 5.41) is 19.4. The van der Waals surface area contributed by atoms with E-state index < -0.39 is 17.7 Å². The van der Waals surface area contributed by atoms with Crippen LogP contribution in [0.3, 0.4) is 0 Å². The highest BCUT2D eigenvalue weighted by molar-refractivity contribution is 6.37. The molecule has 0 aliphatic rings. The molecule has 3 aromatic carbocycles. The van der Waals surface area contributed by atoms with Gasteiger partial charge in [0.1, 0.15) is 5.75 Å². The van der Waals surface area contributed by atoms with Gasteiger partial charge in [-0.05, 0) is 53.1 Å². The third kappa shape index (κ3) is 4.15. The van der Waals surface area contributed by atoms with Gasteiger partial charge in [0.05, 0.1) is 15.6 Å². The minimum absolute atomic E-state index is 0.0354. The van der Waals surface area contributed by atoms with E-state index in [9.17, 15) is 23.4 Å². The molecule has 0 saturated heterocycles. The van der Waals surface area contributed by atoms with E-state index in [-0.39, 0.29) is 21.5 Å². The number of hydrogen-bond donors (Lipinski definition) is 2. The summed E-state index contributed by atoms with van der Waals surface area (Å²) in [5.74, 6) is -0.700. The number of phenolic OH excluding ortho intramolecular Hbond substituents is 2.